The zero-order valence-electron chi connectivity index (χ0n) is 17.1. The average Bonchev–Trinajstić information content (AvgIpc) is 3.17. The lowest BCUT2D eigenvalue weighted by Gasteiger charge is -2.12. The van der Waals surface area contributed by atoms with Gasteiger partial charge in [0, 0.05) is 18.3 Å². The molecule has 0 saturated heterocycles. The van der Waals surface area contributed by atoms with Crippen molar-refractivity contribution in [3.63, 3.8) is 0 Å². The highest BCUT2D eigenvalue weighted by atomic mass is 32.2. The van der Waals surface area contributed by atoms with Crippen LogP contribution in [-0.4, -0.2) is 33.0 Å². The first-order chi connectivity index (χ1) is 14.5. The Bertz CT molecular complexity index is 1140. The molecule has 7 heteroatoms. The smallest absolute Gasteiger partial charge is 0.268 e. The molecule has 1 aromatic heterocycles. The first kappa shape index (κ1) is 22.0. The summed E-state index contributed by atoms with van der Waals surface area (Å²) in [6.07, 6.45) is 6.28. The highest BCUT2D eigenvalue weighted by molar-refractivity contribution is 7.90. The lowest BCUT2D eigenvalue weighted by Crippen LogP contribution is -2.14. The van der Waals surface area contributed by atoms with Gasteiger partial charge < -0.3 is 10.6 Å². The molecule has 0 amide bonds. The molecule has 158 valence electrons. The van der Waals surface area contributed by atoms with Gasteiger partial charge in [0.2, 0.25) is 0 Å². The lowest BCUT2D eigenvalue weighted by molar-refractivity contribution is 0.587. The van der Waals surface area contributed by atoms with E-state index in [0.29, 0.717) is 12.2 Å². The summed E-state index contributed by atoms with van der Waals surface area (Å²) in [6, 6.07) is 14.6. The van der Waals surface area contributed by atoms with Gasteiger partial charge in [0.1, 0.15) is 5.82 Å². The Morgan fingerprint density at radius 2 is 1.83 bits per heavy atom. The van der Waals surface area contributed by atoms with Crippen molar-refractivity contribution in [2.45, 2.75) is 17.9 Å². The summed E-state index contributed by atoms with van der Waals surface area (Å²) in [7, 11) is -0.255. The van der Waals surface area contributed by atoms with Crippen molar-refractivity contribution in [2.24, 2.45) is 0 Å². The summed E-state index contributed by atoms with van der Waals surface area (Å²) in [5.74, 6) is -0.468. The first-order valence-corrected chi connectivity index (χ1v) is 11.2. The third-order valence-electron chi connectivity index (χ3n) is 4.66. The van der Waals surface area contributed by atoms with Crippen LogP contribution in [0.4, 0.5) is 4.39 Å². The standard InChI is InChI=1S/C23H26FN3O2S/c1-25-13-6-5-8-18-9-7-10-20(14-18)30(28,29)27-17-19(16-26-2)15-23(27)21-11-3-4-12-22(21)24/h3-5,7-12,14-15,17,25-26H,6,13,16H2,1-2H3/b8-5+. The van der Waals surface area contributed by atoms with Crippen molar-refractivity contribution in [3.8, 4) is 11.3 Å². The minimum absolute atomic E-state index is 0.155. The van der Waals surface area contributed by atoms with Crippen LogP contribution in [0, 0.1) is 5.82 Å². The summed E-state index contributed by atoms with van der Waals surface area (Å²) < 4.78 is 42.6. The van der Waals surface area contributed by atoms with E-state index in [1.54, 1.807) is 55.7 Å². The van der Waals surface area contributed by atoms with E-state index in [1.165, 1.54) is 10.0 Å². The highest BCUT2D eigenvalue weighted by Crippen LogP contribution is 2.29. The fourth-order valence-electron chi connectivity index (χ4n) is 3.20. The quantitative estimate of drug-likeness (QED) is 0.509. The maximum atomic E-state index is 14.5. The zero-order chi connectivity index (χ0) is 21.6. The minimum Gasteiger partial charge on any atom is -0.319 e. The first-order valence-electron chi connectivity index (χ1n) is 9.75. The minimum atomic E-state index is -3.91. The third-order valence-corrected chi connectivity index (χ3v) is 6.33. The van der Waals surface area contributed by atoms with Crippen molar-refractivity contribution >= 4 is 16.1 Å². The van der Waals surface area contributed by atoms with Gasteiger partial charge in [0.15, 0.2) is 0 Å². The molecule has 2 aromatic carbocycles. The van der Waals surface area contributed by atoms with Gasteiger partial charge in [0.25, 0.3) is 10.0 Å². The number of halogens is 1. The zero-order valence-corrected chi connectivity index (χ0v) is 17.9. The van der Waals surface area contributed by atoms with Crippen molar-refractivity contribution in [1.82, 2.24) is 14.6 Å². The van der Waals surface area contributed by atoms with Crippen molar-refractivity contribution in [2.75, 3.05) is 20.6 Å². The van der Waals surface area contributed by atoms with Gasteiger partial charge in [-0.15, -0.1) is 0 Å². The third kappa shape index (κ3) is 4.87. The fourth-order valence-corrected chi connectivity index (χ4v) is 4.65. The van der Waals surface area contributed by atoms with Crippen LogP contribution in [0.2, 0.25) is 0 Å². The highest BCUT2D eigenvalue weighted by Gasteiger charge is 2.23. The van der Waals surface area contributed by atoms with Crippen LogP contribution in [0.5, 0.6) is 0 Å². The summed E-state index contributed by atoms with van der Waals surface area (Å²) in [5, 5.41) is 6.07. The number of hydrogen-bond acceptors (Lipinski definition) is 4. The molecule has 0 saturated carbocycles. The summed E-state index contributed by atoms with van der Waals surface area (Å²) in [5.41, 5.74) is 2.09. The number of aromatic nitrogens is 1. The predicted octanol–water partition coefficient (Wildman–Crippen LogP) is 3.87. The Balaban J connectivity index is 2.06. The predicted molar refractivity (Wildman–Crippen MR) is 119 cm³/mol. The van der Waals surface area contributed by atoms with E-state index < -0.39 is 15.8 Å². The molecule has 3 rings (SSSR count). The Labute approximate surface area is 177 Å². The molecule has 0 radical (unpaired) electrons. The molecule has 2 N–H and O–H groups in total. The molecule has 1 heterocycles. The molecule has 0 aliphatic carbocycles. The molecule has 5 nitrogen and oxygen atoms in total. The number of benzene rings is 2. The second-order valence-corrected chi connectivity index (χ2v) is 8.73. The van der Waals surface area contributed by atoms with Gasteiger partial charge in [-0.25, -0.2) is 16.8 Å². The van der Waals surface area contributed by atoms with Gasteiger partial charge in [-0.05, 0) is 68.5 Å². The normalized spacial score (nSPS) is 12.0. The Morgan fingerprint density at radius 1 is 1.03 bits per heavy atom. The Morgan fingerprint density at radius 3 is 2.57 bits per heavy atom. The lowest BCUT2D eigenvalue weighted by atomic mass is 10.1. The van der Waals surface area contributed by atoms with E-state index in [1.807, 2.05) is 25.3 Å². The van der Waals surface area contributed by atoms with Crippen LogP contribution in [0.15, 0.2) is 71.8 Å². The van der Waals surface area contributed by atoms with Gasteiger partial charge in [-0.3, -0.25) is 0 Å². The molecule has 0 unspecified atom stereocenters. The molecule has 0 bridgehead atoms. The summed E-state index contributed by atoms with van der Waals surface area (Å²) >= 11 is 0. The van der Waals surface area contributed by atoms with E-state index in [4.69, 9.17) is 0 Å². The molecule has 0 aliphatic heterocycles. The number of rotatable bonds is 9. The summed E-state index contributed by atoms with van der Waals surface area (Å²) in [6.45, 7) is 1.32. The molecular weight excluding hydrogens is 401 g/mol. The van der Waals surface area contributed by atoms with Crippen LogP contribution in [0.1, 0.15) is 17.5 Å². The molecular formula is C23H26FN3O2S. The van der Waals surface area contributed by atoms with Crippen molar-refractivity contribution < 1.29 is 12.8 Å². The van der Waals surface area contributed by atoms with E-state index in [-0.39, 0.29) is 10.5 Å². The van der Waals surface area contributed by atoms with Crippen LogP contribution < -0.4 is 10.6 Å². The number of hydrogen-bond donors (Lipinski definition) is 2. The summed E-state index contributed by atoms with van der Waals surface area (Å²) in [4.78, 5) is 0.155. The second-order valence-electron chi connectivity index (χ2n) is 6.91. The van der Waals surface area contributed by atoms with Crippen LogP contribution in [0.25, 0.3) is 17.3 Å². The molecule has 0 fully saturated rings. The van der Waals surface area contributed by atoms with E-state index >= 15 is 0 Å². The maximum absolute atomic E-state index is 14.5. The molecule has 3 aromatic rings. The largest absolute Gasteiger partial charge is 0.319 e. The molecule has 0 aliphatic rings. The van der Waals surface area contributed by atoms with Crippen LogP contribution in [0.3, 0.4) is 0 Å². The van der Waals surface area contributed by atoms with E-state index in [0.717, 1.165) is 24.1 Å². The van der Waals surface area contributed by atoms with Crippen molar-refractivity contribution in [3.05, 3.63) is 83.8 Å². The number of nitrogens with one attached hydrogen (secondary N) is 2. The SMILES string of the molecule is CNCC/C=C/c1cccc(S(=O)(=O)n2cc(CNC)cc2-c2ccccc2F)c1. The average molecular weight is 428 g/mol. The number of nitrogens with zero attached hydrogens (tertiary/aromatic N) is 1. The molecule has 0 spiro atoms. The van der Waals surface area contributed by atoms with Crippen LogP contribution in [-0.2, 0) is 16.6 Å². The van der Waals surface area contributed by atoms with Gasteiger partial charge >= 0.3 is 0 Å². The Kier molecular flexibility index (Phi) is 7.20. The van der Waals surface area contributed by atoms with E-state index in [2.05, 4.69) is 10.6 Å². The second kappa shape index (κ2) is 9.84. The molecule has 0 atom stereocenters. The van der Waals surface area contributed by atoms with Crippen molar-refractivity contribution in [1.29, 1.82) is 0 Å². The van der Waals surface area contributed by atoms with Gasteiger partial charge in [-0.2, -0.15) is 0 Å². The van der Waals surface area contributed by atoms with Gasteiger partial charge in [-0.1, -0.05) is 36.4 Å². The van der Waals surface area contributed by atoms with E-state index in [9.17, 15) is 12.8 Å². The maximum Gasteiger partial charge on any atom is 0.268 e. The topological polar surface area (TPSA) is 63.1 Å². The fraction of sp³-hybridized carbons (Fsp3) is 0.217. The molecule has 30 heavy (non-hydrogen) atoms. The Hall–Kier alpha value is -2.74. The van der Waals surface area contributed by atoms with Crippen LogP contribution >= 0.6 is 0 Å². The monoisotopic (exact) mass is 427 g/mol. The van der Waals surface area contributed by atoms with Gasteiger partial charge in [0.05, 0.1) is 10.6 Å².